The molecule has 0 saturated carbocycles. The van der Waals surface area contributed by atoms with Gasteiger partial charge in [-0.2, -0.15) is 0 Å². The molecule has 0 aromatic heterocycles. The SMILES string of the molecule is O=C(O)Cc1cccc2ccccc12.[MgH2]. The van der Waals surface area contributed by atoms with E-state index >= 15 is 0 Å². The number of hydrogen-bond donors (Lipinski definition) is 1. The number of aliphatic carboxylic acids is 1. The minimum absolute atomic E-state index is 0. The molecule has 2 nitrogen and oxygen atoms in total. The zero-order chi connectivity index (χ0) is 9.97. The fraction of sp³-hybridized carbons (Fsp3) is 0.0833. The Hall–Kier alpha value is -1.06. The van der Waals surface area contributed by atoms with Crippen molar-refractivity contribution in [2.45, 2.75) is 6.42 Å². The summed E-state index contributed by atoms with van der Waals surface area (Å²) in [6.07, 6.45) is 0.0847. The van der Waals surface area contributed by atoms with Gasteiger partial charge in [-0.3, -0.25) is 4.79 Å². The van der Waals surface area contributed by atoms with Crippen LogP contribution in [0.5, 0.6) is 0 Å². The molecule has 0 fully saturated rings. The molecule has 0 aliphatic heterocycles. The second-order valence-electron chi connectivity index (χ2n) is 3.21. The molecule has 0 aliphatic rings. The standard InChI is InChI=1S/C12H10O2.Mg.2H/c13-12(14)8-10-6-3-5-9-4-1-2-7-11(9)10;;;/h1-7H,8H2,(H,13,14);;;. The number of hydrogen-bond acceptors (Lipinski definition) is 1. The molecule has 0 radical (unpaired) electrons. The fourth-order valence-corrected chi connectivity index (χ4v) is 1.61. The maximum absolute atomic E-state index is 10.6. The van der Waals surface area contributed by atoms with E-state index in [0.717, 1.165) is 16.3 Å². The van der Waals surface area contributed by atoms with E-state index in [1.807, 2.05) is 42.5 Å². The highest BCUT2D eigenvalue weighted by molar-refractivity contribution is 5.88. The summed E-state index contributed by atoms with van der Waals surface area (Å²) >= 11 is 0. The van der Waals surface area contributed by atoms with Crippen molar-refractivity contribution >= 4 is 39.8 Å². The van der Waals surface area contributed by atoms with Crippen molar-refractivity contribution in [1.29, 1.82) is 0 Å². The molecule has 0 aliphatic carbocycles. The van der Waals surface area contributed by atoms with E-state index in [4.69, 9.17) is 5.11 Å². The lowest BCUT2D eigenvalue weighted by Crippen LogP contribution is -2.00. The van der Waals surface area contributed by atoms with E-state index in [1.54, 1.807) is 0 Å². The highest BCUT2D eigenvalue weighted by atomic mass is 24.3. The Balaban J connectivity index is 0.00000112. The maximum Gasteiger partial charge on any atom is 0.316 e. The van der Waals surface area contributed by atoms with Gasteiger partial charge in [0, 0.05) is 0 Å². The minimum Gasteiger partial charge on any atom is -0.481 e. The lowest BCUT2D eigenvalue weighted by Gasteiger charge is -2.02. The Morgan fingerprint density at radius 1 is 1.07 bits per heavy atom. The van der Waals surface area contributed by atoms with Crippen molar-refractivity contribution in [2.24, 2.45) is 0 Å². The van der Waals surface area contributed by atoms with Crippen LogP contribution in [-0.2, 0) is 11.2 Å². The molecule has 2 aromatic carbocycles. The van der Waals surface area contributed by atoms with E-state index in [9.17, 15) is 4.79 Å². The topological polar surface area (TPSA) is 37.3 Å². The van der Waals surface area contributed by atoms with E-state index in [1.165, 1.54) is 0 Å². The van der Waals surface area contributed by atoms with Crippen LogP contribution >= 0.6 is 0 Å². The first-order chi connectivity index (χ1) is 6.77. The van der Waals surface area contributed by atoms with Crippen LogP contribution in [0.4, 0.5) is 0 Å². The van der Waals surface area contributed by atoms with Gasteiger partial charge >= 0.3 is 29.0 Å². The van der Waals surface area contributed by atoms with Gasteiger partial charge in [0.2, 0.25) is 0 Å². The van der Waals surface area contributed by atoms with Crippen LogP contribution in [0.3, 0.4) is 0 Å². The van der Waals surface area contributed by atoms with E-state index < -0.39 is 5.97 Å². The summed E-state index contributed by atoms with van der Waals surface area (Å²) in [6.45, 7) is 0. The average Bonchev–Trinajstić information content (AvgIpc) is 2.18. The summed E-state index contributed by atoms with van der Waals surface area (Å²) in [6, 6.07) is 13.5. The molecule has 0 bridgehead atoms. The van der Waals surface area contributed by atoms with Gasteiger partial charge in [-0.1, -0.05) is 42.5 Å². The smallest absolute Gasteiger partial charge is 0.316 e. The number of benzene rings is 2. The number of carboxylic acids is 1. The molecule has 2 rings (SSSR count). The number of fused-ring (bicyclic) bond motifs is 1. The van der Waals surface area contributed by atoms with Gasteiger partial charge in [-0.05, 0) is 16.3 Å². The Morgan fingerprint density at radius 2 is 1.73 bits per heavy atom. The lowest BCUT2D eigenvalue weighted by molar-refractivity contribution is -0.136. The van der Waals surface area contributed by atoms with Crippen molar-refractivity contribution in [3.05, 3.63) is 48.0 Å². The van der Waals surface area contributed by atoms with Crippen molar-refractivity contribution in [2.75, 3.05) is 0 Å². The zero-order valence-electron chi connectivity index (χ0n) is 7.60. The van der Waals surface area contributed by atoms with Crippen LogP contribution in [-0.4, -0.2) is 34.1 Å². The Labute approximate surface area is 104 Å². The maximum atomic E-state index is 10.6. The first-order valence-corrected chi connectivity index (χ1v) is 4.46. The van der Waals surface area contributed by atoms with Gasteiger partial charge < -0.3 is 5.11 Å². The van der Waals surface area contributed by atoms with Crippen molar-refractivity contribution in [3.8, 4) is 0 Å². The third-order valence-corrected chi connectivity index (χ3v) is 2.22. The van der Waals surface area contributed by atoms with E-state index in [2.05, 4.69) is 0 Å². The van der Waals surface area contributed by atoms with Crippen molar-refractivity contribution in [1.82, 2.24) is 0 Å². The normalized spacial score (nSPS) is 9.60. The highest BCUT2D eigenvalue weighted by Gasteiger charge is 2.03. The molecular formula is C12H12MgO2. The first kappa shape index (κ1) is 12.0. The van der Waals surface area contributed by atoms with Gasteiger partial charge in [-0.25, -0.2) is 0 Å². The third kappa shape index (κ3) is 2.70. The summed E-state index contributed by atoms with van der Waals surface area (Å²) < 4.78 is 0. The Morgan fingerprint density at radius 3 is 2.47 bits per heavy atom. The van der Waals surface area contributed by atoms with E-state index in [-0.39, 0.29) is 29.5 Å². The van der Waals surface area contributed by atoms with E-state index in [0.29, 0.717) is 0 Å². The van der Waals surface area contributed by atoms with Crippen molar-refractivity contribution in [3.63, 3.8) is 0 Å². The Kier molecular flexibility index (Phi) is 4.11. The predicted octanol–water partition coefficient (Wildman–Crippen LogP) is 1.55. The monoisotopic (exact) mass is 212 g/mol. The van der Waals surface area contributed by atoms with Crippen LogP contribution in [0, 0.1) is 0 Å². The third-order valence-electron chi connectivity index (χ3n) is 2.22. The molecule has 0 amide bonds. The summed E-state index contributed by atoms with van der Waals surface area (Å²) in [5.74, 6) is -0.790. The van der Waals surface area contributed by atoms with Crippen LogP contribution < -0.4 is 0 Å². The predicted molar refractivity (Wildman–Crippen MR) is 63.8 cm³/mol. The van der Waals surface area contributed by atoms with Gasteiger partial charge in [0.25, 0.3) is 0 Å². The lowest BCUT2D eigenvalue weighted by atomic mass is 10.0. The largest absolute Gasteiger partial charge is 0.481 e. The zero-order valence-corrected chi connectivity index (χ0v) is 7.60. The van der Waals surface area contributed by atoms with Gasteiger partial charge in [0.05, 0.1) is 6.42 Å². The number of carbonyl (C=O) groups is 1. The van der Waals surface area contributed by atoms with Gasteiger partial charge in [0.15, 0.2) is 0 Å². The van der Waals surface area contributed by atoms with Crippen LogP contribution in [0.1, 0.15) is 5.56 Å². The number of carboxylic acid groups (broad SMARTS) is 1. The molecule has 0 saturated heterocycles. The molecular weight excluding hydrogens is 200 g/mol. The molecule has 2 aromatic rings. The van der Waals surface area contributed by atoms with Crippen LogP contribution in [0.25, 0.3) is 10.8 Å². The molecule has 3 heteroatoms. The first-order valence-electron chi connectivity index (χ1n) is 4.46. The molecule has 1 N–H and O–H groups in total. The Bertz CT molecular complexity index is 475. The van der Waals surface area contributed by atoms with Crippen LogP contribution in [0.2, 0.25) is 0 Å². The molecule has 0 spiro atoms. The molecule has 15 heavy (non-hydrogen) atoms. The van der Waals surface area contributed by atoms with Gasteiger partial charge in [0.1, 0.15) is 0 Å². The highest BCUT2D eigenvalue weighted by Crippen LogP contribution is 2.18. The summed E-state index contributed by atoms with van der Waals surface area (Å²) in [7, 11) is 0. The summed E-state index contributed by atoms with van der Waals surface area (Å²) in [4.78, 5) is 10.6. The summed E-state index contributed by atoms with van der Waals surface area (Å²) in [5, 5.41) is 10.8. The quantitative estimate of drug-likeness (QED) is 0.767. The fourth-order valence-electron chi connectivity index (χ4n) is 1.61. The van der Waals surface area contributed by atoms with Crippen molar-refractivity contribution < 1.29 is 9.90 Å². The molecule has 74 valence electrons. The summed E-state index contributed by atoms with van der Waals surface area (Å²) in [5.41, 5.74) is 0.871. The van der Waals surface area contributed by atoms with Crippen LogP contribution in [0.15, 0.2) is 42.5 Å². The minimum atomic E-state index is -0.790. The number of rotatable bonds is 2. The molecule has 0 heterocycles. The average molecular weight is 213 g/mol. The second kappa shape index (κ2) is 5.14. The second-order valence-corrected chi connectivity index (χ2v) is 3.21. The van der Waals surface area contributed by atoms with Gasteiger partial charge in [-0.15, -0.1) is 0 Å². The molecule has 0 unspecified atom stereocenters. The molecule has 0 atom stereocenters.